The summed E-state index contributed by atoms with van der Waals surface area (Å²) in [6.45, 7) is 4.96. The van der Waals surface area contributed by atoms with Crippen LogP contribution in [0.15, 0.2) is 18.2 Å². The third kappa shape index (κ3) is 2.03. The molecule has 4 heteroatoms. The second-order valence-electron chi connectivity index (χ2n) is 4.04. The molecule has 1 aromatic heterocycles. The number of rotatable bonds is 1. The number of nitrogens with zero attached hydrogens (tertiary/aromatic N) is 1. The van der Waals surface area contributed by atoms with Crippen molar-refractivity contribution in [2.24, 2.45) is 0 Å². The molecular weight excluding hydrogens is 230 g/mol. The number of benzene rings is 1. The Labute approximate surface area is 107 Å². The van der Waals surface area contributed by atoms with E-state index in [2.05, 4.69) is 33.1 Å². The molecule has 1 unspecified atom stereocenters. The molecule has 17 heavy (non-hydrogen) atoms. The quantitative estimate of drug-likeness (QED) is 0.762. The van der Waals surface area contributed by atoms with Gasteiger partial charge in [0.15, 0.2) is 4.77 Å². The molecule has 0 radical (unpaired) electrons. The van der Waals surface area contributed by atoms with Gasteiger partial charge in [0.1, 0.15) is 0 Å². The molecule has 1 aromatic carbocycles. The summed E-state index contributed by atoms with van der Waals surface area (Å²) in [5, 5.41) is 3.32. The normalized spacial score (nSPS) is 17.7. The average molecular weight is 249 g/mol. The van der Waals surface area contributed by atoms with E-state index in [1.165, 1.54) is 11.1 Å². The third-order valence-electron chi connectivity index (χ3n) is 3.15. The summed E-state index contributed by atoms with van der Waals surface area (Å²) in [5.41, 5.74) is 3.83. The maximum Gasteiger partial charge on any atom is 0.178 e. The molecule has 0 bridgehead atoms. The third-order valence-corrected chi connectivity index (χ3v) is 3.48. The zero-order valence-electron chi connectivity index (χ0n) is 10.6. The van der Waals surface area contributed by atoms with Gasteiger partial charge in [-0.15, -0.1) is 0 Å². The van der Waals surface area contributed by atoms with E-state index >= 15 is 0 Å². The number of nitrogens with one attached hydrogen (secondary N) is 2. The second kappa shape index (κ2) is 5.02. The number of likely N-dealkylation sites (N-methyl/N-ethyl adjacent to an activating group) is 1. The average Bonchev–Trinajstić information content (AvgIpc) is 2.70. The van der Waals surface area contributed by atoms with Crippen molar-refractivity contribution in [2.45, 2.75) is 32.9 Å². The first kappa shape index (κ1) is 12.3. The van der Waals surface area contributed by atoms with Gasteiger partial charge in [0.25, 0.3) is 0 Å². The zero-order valence-corrected chi connectivity index (χ0v) is 11.4. The Morgan fingerprint density at radius 1 is 1.41 bits per heavy atom. The molecule has 0 amide bonds. The van der Waals surface area contributed by atoms with Gasteiger partial charge in [-0.2, -0.15) is 0 Å². The maximum absolute atomic E-state index is 5.33. The molecule has 0 saturated heterocycles. The van der Waals surface area contributed by atoms with Crippen LogP contribution in [-0.2, 0) is 13.0 Å². The Bertz CT molecular complexity index is 568. The van der Waals surface area contributed by atoms with Crippen LogP contribution in [0.2, 0.25) is 0 Å². The lowest BCUT2D eigenvalue weighted by atomic mass is 10.0. The molecule has 1 atom stereocenters. The molecule has 0 aliphatic carbocycles. The molecule has 2 N–H and O–H groups in total. The standard InChI is InChI=1S/C11H13N3S.C2H6/c1-12-8-5-7-3-2-4-9-10(7)14(6-8)11(15)13-9;1-2/h2-4,8,12H,5-6H2,1H3,(H,13,15);1-2H3. The summed E-state index contributed by atoms with van der Waals surface area (Å²) in [6.07, 6.45) is 1.08. The molecule has 1 aliphatic heterocycles. The van der Waals surface area contributed by atoms with Crippen molar-refractivity contribution in [3.63, 3.8) is 0 Å². The van der Waals surface area contributed by atoms with Crippen molar-refractivity contribution in [1.29, 1.82) is 0 Å². The Hall–Kier alpha value is -1.13. The molecule has 3 rings (SSSR count). The first-order valence-corrected chi connectivity index (χ1v) is 6.58. The minimum absolute atomic E-state index is 0.491. The predicted molar refractivity (Wildman–Crippen MR) is 75.0 cm³/mol. The molecule has 1 aliphatic rings. The van der Waals surface area contributed by atoms with Gasteiger partial charge in [-0.3, -0.25) is 0 Å². The summed E-state index contributed by atoms with van der Waals surface area (Å²) in [7, 11) is 2.01. The van der Waals surface area contributed by atoms with Crippen LogP contribution >= 0.6 is 12.2 Å². The van der Waals surface area contributed by atoms with Crippen LogP contribution in [0.5, 0.6) is 0 Å². The van der Waals surface area contributed by atoms with Gasteiger partial charge >= 0.3 is 0 Å². The highest BCUT2D eigenvalue weighted by Crippen LogP contribution is 2.24. The van der Waals surface area contributed by atoms with E-state index in [4.69, 9.17) is 12.2 Å². The van der Waals surface area contributed by atoms with Crippen molar-refractivity contribution in [3.8, 4) is 0 Å². The lowest BCUT2D eigenvalue weighted by Gasteiger charge is -2.23. The van der Waals surface area contributed by atoms with Crippen molar-refractivity contribution in [1.82, 2.24) is 14.9 Å². The van der Waals surface area contributed by atoms with Crippen molar-refractivity contribution in [2.75, 3.05) is 7.05 Å². The Morgan fingerprint density at radius 2 is 2.18 bits per heavy atom. The Balaban J connectivity index is 0.000000514. The molecule has 2 heterocycles. The minimum Gasteiger partial charge on any atom is -0.331 e. The largest absolute Gasteiger partial charge is 0.331 e. The highest BCUT2D eigenvalue weighted by Gasteiger charge is 2.20. The van der Waals surface area contributed by atoms with Gasteiger partial charge in [0, 0.05) is 12.6 Å². The fraction of sp³-hybridized carbons (Fsp3) is 0.462. The van der Waals surface area contributed by atoms with E-state index in [0.717, 1.165) is 23.3 Å². The lowest BCUT2D eigenvalue weighted by Crippen LogP contribution is -2.35. The van der Waals surface area contributed by atoms with Crippen LogP contribution < -0.4 is 5.32 Å². The number of aromatic amines is 1. The number of imidazole rings is 1. The van der Waals surface area contributed by atoms with Gasteiger partial charge in [-0.1, -0.05) is 26.0 Å². The van der Waals surface area contributed by atoms with Crippen LogP contribution in [0.1, 0.15) is 19.4 Å². The topological polar surface area (TPSA) is 32.8 Å². The predicted octanol–water partition coefficient (Wildman–Crippen LogP) is 2.87. The number of hydrogen-bond donors (Lipinski definition) is 2. The van der Waals surface area contributed by atoms with E-state index < -0.39 is 0 Å². The molecule has 92 valence electrons. The van der Waals surface area contributed by atoms with Crippen LogP contribution in [0.4, 0.5) is 0 Å². The summed E-state index contributed by atoms with van der Waals surface area (Å²) in [4.78, 5) is 3.25. The number of hydrogen-bond acceptors (Lipinski definition) is 2. The molecule has 3 nitrogen and oxygen atoms in total. The maximum atomic E-state index is 5.33. The smallest absolute Gasteiger partial charge is 0.178 e. The fourth-order valence-corrected chi connectivity index (χ4v) is 2.65. The van der Waals surface area contributed by atoms with Gasteiger partial charge in [0.05, 0.1) is 11.0 Å². The van der Waals surface area contributed by atoms with Crippen molar-refractivity contribution >= 4 is 23.3 Å². The van der Waals surface area contributed by atoms with Crippen LogP contribution in [0.3, 0.4) is 0 Å². The first-order valence-electron chi connectivity index (χ1n) is 6.17. The van der Waals surface area contributed by atoms with Gasteiger partial charge in [-0.25, -0.2) is 0 Å². The molecule has 2 aromatic rings. The van der Waals surface area contributed by atoms with Crippen LogP contribution in [-0.4, -0.2) is 22.6 Å². The Kier molecular flexibility index (Phi) is 3.64. The van der Waals surface area contributed by atoms with Crippen molar-refractivity contribution in [3.05, 3.63) is 28.5 Å². The zero-order chi connectivity index (χ0) is 12.4. The van der Waals surface area contributed by atoms with E-state index in [1.807, 2.05) is 20.9 Å². The van der Waals surface area contributed by atoms with E-state index in [-0.39, 0.29) is 0 Å². The summed E-state index contributed by atoms with van der Waals surface area (Å²) < 4.78 is 3.03. The minimum atomic E-state index is 0.491. The number of H-pyrrole nitrogens is 1. The number of aromatic nitrogens is 2. The van der Waals surface area contributed by atoms with Crippen LogP contribution in [0.25, 0.3) is 11.0 Å². The number of para-hydroxylation sites is 1. The fourth-order valence-electron chi connectivity index (χ4n) is 2.38. The van der Waals surface area contributed by atoms with Gasteiger partial charge in [0.2, 0.25) is 0 Å². The van der Waals surface area contributed by atoms with E-state index in [1.54, 1.807) is 0 Å². The van der Waals surface area contributed by atoms with Gasteiger partial charge in [-0.05, 0) is 37.3 Å². The molecule has 0 fully saturated rings. The monoisotopic (exact) mass is 249 g/mol. The SMILES string of the molecule is CC.CNC1Cc2cccc3[nH]c(=S)n(c23)C1. The molecule has 0 spiro atoms. The highest BCUT2D eigenvalue weighted by atomic mass is 32.1. The first-order chi connectivity index (χ1) is 8.29. The van der Waals surface area contributed by atoms with Crippen LogP contribution in [0, 0.1) is 4.77 Å². The Morgan fingerprint density at radius 3 is 2.88 bits per heavy atom. The summed E-state index contributed by atoms with van der Waals surface area (Å²) in [6, 6.07) is 6.85. The lowest BCUT2D eigenvalue weighted by molar-refractivity contribution is 0.467. The second-order valence-corrected chi connectivity index (χ2v) is 4.43. The van der Waals surface area contributed by atoms with E-state index in [9.17, 15) is 0 Å². The molecular formula is C13H19N3S. The molecule has 0 saturated carbocycles. The highest BCUT2D eigenvalue weighted by molar-refractivity contribution is 7.71. The van der Waals surface area contributed by atoms with E-state index in [0.29, 0.717) is 6.04 Å². The van der Waals surface area contributed by atoms with Gasteiger partial charge < -0.3 is 14.9 Å². The summed E-state index contributed by atoms with van der Waals surface area (Å²) >= 11 is 5.33. The van der Waals surface area contributed by atoms with Crippen molar-refractivity contribution < 1.29 is 0 Å². The summed E-state index contributed by atoms with van der Waals surface area (Å²) in [5.74, 6) is 0.